The first-order valence-electron chi connectivity index (χ1n) is 2.32. The van der Waals surface area contributed by atoms with E-state index in [0.29, 0.717) is 0 Å². The van der Waals surface area contributed by atoms with Gasteiger partial charge < -0.3 is 0 Å². The third-order valence-corrected chi connectivity index (χ3v) is 1.07. The van der Waals surface area contributed by atoms with Gasteiger partial charge in [-0.2, -0.15) is 0 Å². The molecule has 0 heterocycles. The van der Waals surface area contributed by atoms with Crippen molar-refractivity contribution in [1.82, 2.24) is 0 Å². The zero-order chi connectivity index (χ0) is 3.54. The molecule has 0 nitrogen and oxygen atoms in total. The van der Waals surface area contributed by atoms with Crippen molar-refractivity contribution >= 4 is 0 Å². The van der Waals surface area contributed by atoms with Gasteiger partial charge in [-0.15, -0.1) is 0 Å². The third kappa shape index (κ3) is 1.97. The Balaban J connectivity index is 0.000000250. The molecule has 1 fully saturated rings. The second kappa shape index (κ2) is 3.86. The van der Waals surface area contributed by atoms with Crippen LogP contribution in [0.4, 0.5) is 0 Å². The molecule has 39 valence electrons. The minimum Gasteiger partial charge on any atom is -0.0530 e. The Morgan fingerprint density at radius 3 is 1.67 bits per heavy atom. The maximum atomic E-state index is 2.36. The average molecular weight is 264 g/mol. The summed E-state index contributed by atoms with van der Waals surface area (Å²) < 4.78 is 0. The molecule has 0 aromatic heterocycles. The quantitative estimate of drug-likeness (QED) is 0.625. The maximum absolute atomic E-state index is 2.36. The van der Waals surface area contributed by atoms with Crippen molar-refractivity contribution in [2.75, 3.05) is 0 Å². The fourth-order valence-corrected chi connectivity index (χ4v) is 0.722. The topological polar surface area (TPSA) is 0 Å². The summed E-state index contributed by atoms with van der Waals surface area (Å²) in [5.41, 5.74) is 0. The fraction of sp³-hybridized carbons (Fsp3) is 0.800. The van der Waals surface area contributed by atoms with Gasteiger partial charge in [-0.05, 0) is 6.42 Å². The molecule has 0 unspecified atom stereocenters. The van der Waals surface area contributed by atoms with Crippen molar-refractivity contribution in [2.24, 2.45) is 0 Å². The Hall–Kier alpha value is 0.688. The molecule has 0 spiro atoms. The van der Waals surface area contributed by atoms with Gasteiger partial charge >= 0.3 is 0 Å². The zero-order valence-corrected chi connectivity index (χ0v) is 5.99. The normalized spacial score (nSPS) is 20.0. The predicted molar refractivity (Wildman–Crippen MR) is 22.8 cm³/mol. The molecule has 0 amide bonds. The average Bonchev–Trinajstić information content (AvgIpc) is 1.76. The van der Waals surface area contributed by atoms with Crippen LogP contribution in [0.5, 0.6) is 0 Å². The molecule has 1 saturated carbocycles. The summed E-state index contributed by atoms with van der Waals surface area (Å²) in [6.45, 7) is 0. The SMILES string of the molecule is [CH]1CCCC1.[Pt]. The Morgan fingerprint density at radius 2 is 1.50 bits per heavy atom. The Bertz CT molecular complexity index is 15.5. The van der Waals surface area contributed by atoms with Crippen molar-refractivity contribution in [1.29, 1.82) is 0 Å². The number of hydrogen-bond acceptors (Lipinski definition) is 0. The van der Waals surface area contributed by atoms with Gasteiger partial charge in [-0.1, -0.05) is 25.7 Å². The van der Waals surface area contributed by atoms with Gasteiger partial charge in [0.05, 0.1) is 0 Å². The molecule has 0 atom stereocenters. The first-order chi connectivity index (χ1) is 2.50. The van der Waals surface area contributed by atoms with Gasteiger partial charge in [-0.25, -0.2) is 0 Å². The molecule has 0 bridgehead atoms. The van der Waals surface area contributed by atoms with E-state index in [2.05, 4.69) is 6.42 Å². The molecule has 0 aromatic rings. The largest absolute Gasteiger partial charge is 0.0530 e. The van der Waals surface area contributed by atoms with Gasteiger partial charge in [0.25, 0.3) is 0 Å². The molecule has 0 saturated heterocycles. The van der Waals surface area contributed by atoms with E-state index >= 15 is 0 Å². The Morgan fingerprint density at radius 1 is 1.00 bits per heavy atom. The summed E-state index contributed by atoms with van der Waals surface area (Å²) in [5, 5.41) is 0. The summed E-state index contributed by atoms with van der Waals surface area (Å²) in [7, 11) is 0. The van der Waals surface area contributed by atoms with Gasteiger partial charge in [0, 0.05) is 21.1 Å². The minimum atomic E-state index is 0. The van der Waals surface area contributed by atoms with Crippen LogP contribution in [0.1, 0.15) is 25.7 Å². The maximum Gasteiger partial charge on any atom is 0 e. The minimum absolute atomic E-state index is 0. The van der Waals surface area contributed by atoms with E-state index in [1.165, 1.54) is 25.7 Å². The van der Waals surface area contributed by atoms with Gasteiger partial charge in [0.2, 0.25) is 0 Å². The standard InChI is InChI=1S/C5H9.Pt/c1-2-4-5-3-1;/h1H,2-5H2;. The van der Waals surface area contributed by atoms with E-state index in [0.717, 1.165) is 0 Å². The first kappa shape index (κ1) is 6.69. The summed E-state index contributed by atoms with van der Waals surface area (Å²) in [6.07, 6.45) is 8.00. The summed E-state index contributed by atoms with van der Waals surface area (Å²) >= 11 is 0. The molecule has 6 heavy (non-hydrogen) atoms. The van der Waals surface area contributed by atoms with Crippen LogP contribution in [0.2, 0.25) is 0 Å². The van der Waals surface area contributed by atoms with Crippen LogP contribution in [0.15, 0.2) is 0 Å². The smallest absolute Gasteiger partial charge is 0 e. The monoisotopic (exact) mass is 264 g/mol. The number of rotatable bonds is 0. The molecule has 1 aliphatic carbocycles. The second-order valence-corrected chi connectivity index (χ2v) is 1.57. The van der Waals surface area contributed by atoms with Gasteiger partial charge in [0.15, 0.2) is 0 Å². The number of hydrogen-bond donors (Lipinski definition) is 0. The van der Waals surface area contributed by atoms with E-state index in [-0.39, 0.29) is 21.1 Å². The van der Waals surface area contributed by atoms with Crippen LogP contribution in [0, 0.1) is 6.42 Å². The van der Waals surface area contributed by atoms with Crippen LogP contribution in [0.3, 0.4) is 0 Å². The van der Waals surface area contributed by atoms with Crippen LogP contribution < -0.4 is 0 Å². The van der Waals surface area contributed by atoms with Crippen molar-refractivity contribution in [3.63, 3.8) is 0 Å². The van der Waals surface area contributed by atoms with Crippen molar-refractivity contribution in [3.05, 3.63) is 6.42 Å². The van der Waals surface area contributed by atoms with Crippen molar-refractivity contribution in [2.45, 2.75) is 25.7 Å². The van der Waals surface area contributed by atoms with E-state index in [9.17, 15) is 0 Å². The van der Waals surface area contributed by atoms with E-state index in [4.69, 9.17) is 0 Å². The van der Waals surface area contributed by atoms with E-state index in [1.807, 2.05) is 0 Å². The fourth-order valence-electron chi connectivity index (χ4n) is 0.722. The van der Waals surface area contributed by atoms with Crippen molar-refractivity contribution < 1.29 is 21.1 Å². The van der Waals surface area contributed by atoms with Crippen LogP contribution >= 0.6 is 0 Å². The summed E-state index contributed by atoms with van der Waals surface area (Å²) in [4.78, 5) is 0. The summed E-state index contributed by atoms with van der Waals surface area (Å²) in [5.74, 6) is 0. The first-order valence-corrected chi connectivity index (χ1v) is 2.32. The molecular weight excluding hydrogens is 255 g/mol. The Kier molecular flexibility index (Phi) is 4.31. The van der Waals surface area contributed by atoms with Gasteiger partial charge in [0.1, 0.15) is 0 Å². The predicted octanol–water partition coefficient (Wildman–Crippen LogP) is 1.76. The molecule has 1 radical (unpaired) electrons. The third-order valence-electron chi connectivity index (χ3n) is 1.07. The van der Waals surface area contributed by atoms with Crippen LogP contribution in [-0.2, 0) is 21.1 Å². The molecule has 0 aromatic carbocycles. The van der Waals surface area contributed by atoms with Crippen LogP contribution in [0.25, 0.3) is 0 Å². The zero-order valence-electron chi connectivity index (χ0n) is 3.72. The van der Waals surface area contributed by atoms with E-state index < -0.39 is 0 Å². The Labute approximate surface area is 53.6 Å². The molecule has 0 N–H and O–H groups in total. The second-order valence-electron chi connectivity index (χ2n) is 1.57. The molecule has 1 heteroatoms. The molecule has 1 rings (SSSR count). The molecular formula is C5H9Pt. The van der Waals surface area contributed by atoms with E-state index in [1.54, 1.807) is 0 Å². The van der Waals surface area contributed by atoms with Crippen molar-refractivity contribution in [3.8, 4) is 0 Å². The molecule has 1 aliphatic rings. The molecule has 0 aliphatic heterocycles. The van der Waals surface area contributed by atoms with Gasteiger partial charge in [-0.3, -0.25) is 0 Å². The summed E-state index contributed by atoms with van der Waals surface area (Å²) in [6, 6.07) is 0. The van der Waals surface area contributed by atoms with Crippen LogP contribution in [-0.4, -0.2) is 0 Å².